The van der Waals surface area contributed by atoms with Crippen LogP contribution in [0.3, 0.4) is 0 Å². The van der Waals surface area contributed by atoms with E-state index in [0.29, 0.717) is 11.9 Å². The second-order valence-electron chi connectivity index (χ2n) is 7.97. The fourth-order valence-electron chi connectivity index (χ4n) is 3.33. The second-order valence-corrected chi connectivity index (χ2v) is 14.4. The Morgan fingerprint density at radius 1 is 1.10 bits per heavy atom. The third kappa shape index (κ3) is 4.11. The second kappa shape index (κ2) is 7.86. The van der Waals surface area contributed by atoms with Crippen molar-refractivity contribution in [2.75, 3.05) is 13.3 Å². The summed E-state index contributed by atoms with van der Waals surface area (Å²) in [5, 5.41) is 5.85. The molecule has 1 saturated heterocycles. The molecule has 1 fully saturated rings. The molecule has 0 saturated carbocycles. The summed E-state index contributed by atoms with van der Waals surface area (Å²) in [6.45, 7) is 5.67. The van der Waals surface area contributed by atoms with Gasteiger partial charge in [-0.15, -0.1) is 0 Å². The maximum atomic E-state index is 13.0. The van der Waals surface area contributed by atoms with E-state index < -0.39 is 35.6 Å². The molecule has 1 atom stereocenters. The predicted molar refractivity (Wildman–Crippen MR) is 116 cm³/mol. The minimum Gasteiger partial charge on any atom is -0.496 e. The largest absolute Gasteiger partial charge is 0.496 e. The fourth-order valence-corrected chi connectivity index (χ4v) is 7.52. The molecule has 0 bridgehead atoms. The third-order valence-corrected chi connectivity index (χ3v) is 9.94. The van der Waals surface area contributed by atoms with Crippen molar-refractivity contribution >= 4 is 35.2 Å². The summed E-state index contributed by atoms with van der Waals surface area (Å²) < 4.78 is 34.0. The predicted octanol–water partition coefficient (Wildman–Crippen LogP) is 1.18. The normalized spacial score (nSPS) is 19.3. The van der Waals surface area contributed by atoms with Gasteiger partial charge in [0.05, 0.1) is 20.1 Å². The first-order valence-corrected chi connectivity index (χ1v) is 14.1. The minimum atomic E-state index is -3.85. The Balaban J connectivity index is 1.92. The molecule has 10 heteroatoms. The van der Waals surface area contributed by atoms with Gasteiger partial charge in [-0.3, -0.25) is 10.1 Å². The molecule has 1 heterocycles. The van der Waals surface area contributed by atoms with Gasteiger partial charge in [-0.05, 0) is 25.1 Å². The monoisotopic (exact) mass is 447 g/mol. The summed E-state index contributed by atoms with van der Waals surface area (Å²) >= 11 is 0. The average molecular weight is 448 g/mol. The van der Waals surface area contributed by atoms with E-state index in [9.17, 15) is 18.0 Å². The molecule has 160 valence electrons. The van der Waals surface area contributed by atoms with Crippen LogP contribution in [0.15, 0.2) is 53.4 Å². The highest BCUT2D eigenvalue weighted by Crippen LogP contribution is 2.34. The number of hydrogen-bond acceptors (Lipinski definition) is 5. The zero-order valence-electron chi connectivity index (χ0n) is 17.3. The van der Waals surface area contributed by atoms with Gasteiger partial charge >= 0.3 is 6.03 Å². The van der Waals surface area contributed by atoms with E-state index in [4.69, 9.17) is 4.74 Å². The number of amides is 3. The van der Waals surface area contributed by atoms with Crippen molar-refractivity contribution in [3.63, 3.8) is 0 Å². The highest BCUT2D eigenvalue weighted by Gasteiger charge is 2.45. The molecule has 0 spiro atoms. The van der Waals surface area contributed by atoms with Crippen LogP contribution in [-0.2, 0) is 20.4 Å². The Kier molecular flexibility index (Phi) is 5.76. The lowest BCUT2D eigenvalue weighted by atomic mass is 9.91. The zero-order valence-corrected chi connectivity index (χ0v) is 19.1. The summed E-state index contributed by atoms with van der Waals surface area (Å²) in [6.07, 6.45) is 0.315. The highest BCUT2D eigenvalue weighted by molar-refractivity contribution is 7.89. The average Bonchev–Trinajstić information content (AvgIpc) is 2.99. The van der Waals surface area contributed by atoms with Crippen LogP contribution in [0.4, 0.5) is 4.79 Å². The standard InChI is InChI=1S/C20H25N3O5SSi/c1-20(18(24)22-19(25)23-20)16-12-14(10-11-17(16)28-2)29(26,27)21-13-30(3,4)15-8-6-5-7-9-15/h5-12,21H,13H2,1-4H3,(H2,22,23,24,25)/t20-/m0/s1. The van der Waals surface area contributed by atoms with E-state index in [0.717, 1.165) is 5.19 Å². The van der Waals surface area contributed by atoms with Crippen LogP contribution in [0, 0.1) is 0 Å². The van der Waals surface area contributed by atoms with E-state index in [1.54, 1.807) is 0 Å². The lowest BCUT2D eigenvalue weighted by Crippen LogP contribution is -2.51. The molecule has 0 radical (unpaired) electrons. The maximum Gasteiger partial charge on any atom is 0.322 e. The van der Waals surface area contributed by atoms with Crippen LogP contribution in [0.5, 0.6) is 5.75 Å². The topological polar surface area (TPSA) is 114 Å². The van der Waals surface area contributed by atoms with Gasteiger partial charge in [0.15, 0.2) is 0 Å². The number of urea groups is 1. The van der Waals surface area contributed by atoms with E-state index in [1.165, 1.54) is 32.2 Å². The van der Waals surface area contributed by atoms with E-state index in [-0.39, 0.29) is 10.5 Å². The number of methoxy groups -OCH3 is 1. The van der Waals surface area contributed by atoms with Crippen LogP contribution in [0.25, 0.3) is 0 Å². The smallest absolute Gasteiger partial charge is 0.322 e. The molecule has 30 heavy (non-hydrogen) atoms. The van der Waals surface area contributed by atoms with E-state index in [1.807, 2.05) is 30.3 Å². The number of sulfonamides is 1. The van der Waals surface area contributed by atoms with Gasteiger partial charge in [-0.25, -0.2) is 17.9 Å². The zero-order chi connectivity index (χ0) is 22.2. The lowest BCUT2D eigenvalue weighted by molar-refractivity contribution is -0.123. The molecule has 3 N–H and O–H groups in total. The van der Waals surface area contributed by atoms with Crippen molar-refractivity contribution in [2.24, 2.45) is 0 Å². The summed E-state index contributed by atoms with van der Waals surface area (Å²) in [4.78, 5) is 24.0. The highest BCUT2D eigenvalue weighted by atomic mass is 32.2. The van der Waals surface area contributed by atoms with Gasteiger partial charge in [0.1, 0.15) is 11.3 Å². The summed E-state index contributed by atoms with van der Waals surface area (Å²) in [6, 6.07) is 13.4. The lowest BCUT2D eigenvalue weighted by Gasteiger charge is -2.25. The van der Waals surface area contributed by atoms with E-state index in [2.05, 4.69) is 28.4 Å². The molecular weight excluding hydrogens is 422 g/mol. The Morgan fingerprint density at radius 3 is 2.33 bits per heavy atom. The molecule has 2 aromatic rings. The summed E-state index contributed by atoms with van der Waals surface area (Å²) in [5.41, 5.74) is -1.18. The SMILES string of the molecule is COc1ccc(S(=O)(=O)NC[Si](C)(C)c2ccccc2)cc1[C@]1(C)NC(=O)NC1=O. The summed E-state index contributed by atoms with van der Waals surface area (Å²) in [5.74, 6) is -0.279. The number of benzene rings is 2. The molecule has 0 aromatic heterocycles. The third-order valence-electron chi connectivity index (χ3n) is 5.32. The van der Waals surface area contributed by atoms with Gasteiger partial charge in [0, 0.05) is 11.7 Å². The number of carbonyl (C=O) groups excluding carboxylic acids is 2. The Hall–Kier alpha value is -2.69. The Morgan fingerprint density at radius 2 is 1.77 bits per heavy atom. The van der Waals surface area contributed by atoms with Crippen LogP contribution in [0.1, 0.15) is 12.5 Å². The van der Waals surface area contributed by atoms with Crippen molar-refractivity contribution < 1.29 is 22.7 Å². The first kappa shape index (κ1) is 22.0. The molecule has 0 unspecified atom stereocenters. The Labute approximate surface area is 177 Å². The molecule has 1 aliphatic heterocycles. The molecule has 8 nitrogen and oxygen atoms in total. The van der Waals surface area contributed by atoms with Crippen LogP contribution < -0.4 is 25.3 Å². The number of ether oxygens (including phenoxy) is 1. The Bertz CT molecular complexity index is 1090. The number of nitrogens with one attached hydrogen (secondary N) is 3. The van der Waals surface area contributed by atoms with Crippen molar-refractivity contribution in [1.29, 1.82) is 0 Å². The van der Waals surface area contributed by atoms with Gasteiger partial charge in [-0.2, -0.15) is 0 Å². The number of hydrogen-bond donors (Lipinski definition) is 3. The molecule has 0 aliphatic carbocycles. The van der Waals surface area contributed by atoms with E-state index >= 15 is 0 Å². The van der Waals surface area contributed by atoms with Gasteiger partial charge in [-0.1, -0.05) is 48.6 Å². The minimum absolute atomic E-state index is 0.00802. The first-order chi connectivity index (χ1) is 14.0. The van der Waals surface area contributed by atoms with Gasteiger partial charge in [0.25, 0.3) is 5.91 Å². The number of rotatable bonds is 7. The molecular formula is C20H25N3O5SSi. The van der Waals surface area contributed by atoms with Crippen molar-refractivity contribution in [3.05, 3.63) is 54.1 Å². The molecule has 3 rings (SSSR count). The number of carbonyl (C=O) groups is 2. The van der Waals surface area contributed by atoms with Gasteiger partial charge in [0.2, 0.25) is 10.0 Å². The van der Waals surface area contributed by atoms with Gasteiger partial charge < -0.3 is 10.1 Å². The maximum absolute atomic E-state index is 13.0. The van der Waals surface area contributed by atoms with Crippen molar-refractivity contribution in [1.82, 2.24) is 15.4 Å². The van der Waals surface area contributed by atoms with Crippen LogP contribution in [0.2, 0.25) is 13.1 Å². The summed E-state index contributed by atoms with van der Waals surface area (Å²) in [7, 11) is -4.49. The molecule has 1 aliphatic rings. The molecule has 3 amide bonds. The number of imide groups is 1. The molecule has 2 aromatic carbocycles. The first-order valence-electron chi connectivity index (χ1n) is 9.37. The van der Waals surface area contributed by atoms with Crippen LogP contribution in [-0.4, -0.2) is 41.7 Å². The van der Waals surface area contributed by atoms with Crippen molar-refractivity contribution in [2.45, 2.75) is 30.5 Å². The quantitative estimate of drug-likeness (QED) is 0.436. The fraction of sp³-hybridized carbons (Fsp3) is 0.300. The van der Waals surface area contributed by atoms with Crippen LogP contribution >= 0.6 is 0 Å². The van der Waals surface area contributed by atoms with Crippen molar-refractivity contribution in [3.8, 4) is 5.75 Å².